The first kappa shape index (κ1) is 12.8. The minimum atomic E-state index is -0.442. The lowest BCUT2D eigenvalue weighted by atomic mass is 9.96. The molecule has 17 heavy (non-hydrogen) atoms. The van der Waals surface area contributed by atoms with E-state index >= 15 is 0 Å². The summed E-state index contributed by atoms with van der Waals surface area (Å²) in [6.07, 6.45) is -0.243. The quantitative estimate of drug-likeness (QED) is 0.850. The molecule has 2 unspecified atom stereocenters. The first-order valence-corrected chi connectivity index (χ1v) is 5.98. The number of aliphatic hydroxyl groups excluding tert-OH is 1. The van der Waals surface area contributed by atoms with E-state index in [1.807, 2.05) is 0 Å². The maximum absolute atomic E-state index is 13.1. The van der Waals surface area contributed by atoms with Crippen LogP contribution in [0.15, 0.2) is 18.2 Å². The van der Waals surface area contributed by atoms with Gasteiger partial charge in [0.15, 0.2) is 0 Å². The van der Waals surface area contributed by atoms with Crippen LogP contribution in [-0.4, -0.2) is 31.4 Å². The highest BCUT2D eigenvalue weighted by atomic mass is 35.5. The van der Waals surface area contributed by atoms with Crippen molar-refractivity contribution in [2.75, 3.05) is 26.3 Å². The molecule has 94 valence electrons. The van der Waals surface area contributed by atoms with Crippen LogP contribution in [0.5, 0.6) is 0 Å². The highest BCUT2D eigenvalue weighted by Crippen LogP contribution is 2.29. The number of hydrogen-bond acceptors (Lipinski definition) is 3. The highest BCUT2D eigenvalue weighted by Gasteiger charge is 2.25. The van der Waals surface area contributed by atoms with Crippen LogP contribution in [0.1, 0.15) is 11.7 Å². The van der Waals surface area contributed by atoms with E-state index in [1.54, 1.807) is 12.1 Å². The van der Waals surface area contributed by atoms with Gasteiger partial charge in [-0.2, -0.15) is 0 Å². The Labute approximate surface area is 105 Å². The Morgan fingerprint density at radius 1 is 1.53 bits per heavy atom. The van der Waals surface area contributed by atoms with Crippen molar-refractivity contribution in [3.05, 3.63) is 34.6 Å². The SMILES string of the molecule is OCC1CNCCOC1c1ccc(F)c(Cl)c1. The molecular weight excluding hydrogens is 245 g/mol. The summed E-state index contributed by atoms with van der Waals surface area (Å²) in [7, 11) is 0. The average Bonchev–Trinajstić information content (AvgIpc) is 2.57. The molecule has 0 aromatic heterocycles. The summed E-state index contributed by atoms with van der Waals surface area (Å²) in [5.74, 6) is -0.485. The molecule has 1 aliphatic rings. The standard InChI is InChI=1S/C12H15ClFNO2/c13-10-5-8(1-2-11(10)14)12-9(7-16)6-15-3-4-17-12/h1-2,5,9,12,15-16H,3-4,6-7H2. The minimum absolute atomic E-state index is 0.0205. The molecule has 0 spiro atoms. The summed E-state index contributed by atoms with van der Waals surface area (Å²) in [5, 5.41) is 12.6. The molecule has 0 aliphatic carbocycles. The molecular formula is C12H15ClFNO2. The molecule has 2 N–H and O–H groups in total. The first-order valence-electron chi connectivity index (χ1n) is 5.60. The van der Waals surface area contributed by atoms with Gasteiger partial charge in [0.2, 0.25) is 0 Å². The van der Waals surface area contributed by atoms with Crippen molar-refractivity contribution >= 4 is 11.6 Å². The second-order valence-corrected chi connectivity index (χ2v) is 4.52. The number of ether oxygens (including phenoxy) is 1. The molecule has 2 atom stereocenters. The van der Waals surface area contributed by atoms with Crippen molar-refractivity contribution in [3.8, 4) is 0 Å². The van der Waals surface area contributed by atoms with Crippen molar-refractivity contribution in [1.82, 2.24) is 5.32 Å². The Morgan fingerprint density at radius 3 is 3.06 bits per heavy atom. The zero-order valence-electron chi connectivity index (χ0n) is 9.33. The Hall–Kier alpha value is -0.680. The molecule has 1 aromatic carbocycles. The molecule has 1 saturated heterocycles. The topological polar surface area (TPSA) is 41.5 Å². The molecule has 0 bridgehead atoms. The molecule has 1 heterocycles. The third-order valence-corrected chi connectivity index (χ3v) is 3.21. The van der Waals surface area contributed by atoms with Crippen molar-refractivity contribution < 1.29 is 14.2 Å². The molecule has 1 fully saturated rings. The van der Waals surface area contributed by atoms with Gasteiger partial charge in [-0.05, 0) is 17.7 Å². The summed E-state index contributed by atoms with van der Waals surface area (Å²) >= 11 is 5.76. The van der Waals surface area contributed by atoms with E-state index in [0.29, 0.717) is 13.2 Å². The van der Waals surface area contributed by atoms with Crippen LogP contribution in [0.2, 0.25) is 5.02 Å². The van der Waals surface area contributed by atoms with Crippen LogP contribution in [0, 0.1) is 11.7 Å². The van der Waals surface area contributed by atoms with Gasteiger partial charge in [-0.25, -0.2) is 4.39 Å². The van der Waals surface area contributed by atoms with E-state index in [-0.39, 0.29) is 23.7 Å². The van der Waals surface area contributed by atoms with Crippen LogP contribution in [-0.2, 0) is 4.74 Å². The monoisotopic (exact) mass is 259 g/mol. The third kappa shape index (κ3) is 2.96. The lowest BCUT2D eigenvalue weighted by Crippen LogP contribution is -2.27. The van der Waals surface area contributed by atoms with E-state index in [9.17, 15) is 9.50 Å². The van der Waals surface area contributed by atoms with Crippen molar-refractivity contribution in [1.29, 1.82) is 0 Å². The molecule has 1 aromatic rings. The number of nitrogens with one attached hydrogen (secondary N) is 1. The highest BCUT2D eigenvalue weighted by molar-refractivity contribution is 6.30. The number of benzene rings is 1. The lowest BCUT2D eigenvalue weighted by molar-refractivity contribution is 0.0115. The van der Waals surface area contributed by atoms with Crippen LogP contribution in [0.3, 0.4) is 0 Å². The van der Waals surface area contributed by atoms with E-state index in [4.69, 9.17) is 16.3 Å². The summed E-state index contributed by atoms with van der Waals surface area (Å²) in [5.41, 5.74) is 0.805. The summed E-state index contributed by atoms with van der Waals surface area (Å²) in [6, 6.07) is 4.54. The van der Waals surface area contributed by atoms with Crippen LogP contribution < -0.4 is 5.32 Å². The van der Waals surface area contributed by atoms with Crippen LogP contribution in [0.4, 0.5) is 4.39 Å². The first-order chi connectivity index (χ1) is 8.22. The van der Waals surface area contributed by atoms with Crippen molar-refractivity contribution in [2.24, 2.45) is 5.92 Å². The van der Waals surface area contributed by atoms with Gasteiger partial charge in [0.1, 0.15) is 5.82 Å². The second-order valence-electron chi connectivity index (χ2n) is 4.11. The van der Waals surface area contributed by atoms with Gasteiger partial charge < -0.3 is 15.2 Å². The molecule has 0 amide bonds. The van der Waals surface area contributed by atoms with Gasteiger partial charge in [0.05, 0.1) is 17.7 Å². The average molecular weight is 260 g/mol. The predicted molar refractivity (Wildman–Crippen MR) is 63.5 cm³/mol. The summed E-state index contributed by atoms with van der Waals surface area (Å²) in [4.78, 5) is 0. The molecule has 3 nitrogen and oxygen atoms in total. The lowest BCUT2D eigenvalue weighted by Gasteiger charge is -2.23. The fraction of sp³-hybridized carbons (Fsp3) is 0.500. The van der Waals surface area contributed by atoms with E-state index in [1.165, 1.54) is 6.07 Å². The van der Waals surface area contributed by atoms with Gasteiger partial charge in [0, 0.05) is 25.6 Å². The van der Waals surface area contributed by atoms with Crippen molar-refractivity contribution in [2.45, 2.75) is 6.10 Å². The Morgan fingerprint density at radius 2 is 2.35 bits per heavy atom. The summed E-state index contributed by atoms with van der Waals surface area (Å²) in [6.45, 7) is 2.01. The Bertz CT molecular complexity index is 389. The zero-order valence-corrected chi connectivity index (χ0v) is 10.1. The van der Waals surface area contributed by atoms with Crippen molar-refractivity contribution in [3.63, 3.8) is 0 Å². The van der Waals surface area contributed by atoms with Gasteiger partial charge in [0.25, 0.3) is 0 Å². The Balaban J connectivity index is 2.25. The van der Waals surface area contributed by atoms with E-state index in [0.717, 1.165) is 12.1 Å². The maximum Gasteiger partial charge on any atom is 0.141 e. The number of aliphatic hydroxyl groups is 1. The molecule has 0 saturated carbocycles. The molecule has 0 radical (unpaired) electrons. The largest absolute Gasteiger partial charge is 0.396 e. The zero-order chi connectivity index (χ0) is 12.3. The minimum Gasteiger partial charge on any atom is -0.396 e. The van der Waals surface area contributed by atoms with Gasteiger partial charge in [-0.3, -0.25) is 0 Å². The smallest absolute Gasteiger partial charge is 0.141 e. The number of rotatable bonds is 2. The van der Waals surface area contributed by atoms with Gasteiger partial charge >= 0.3 is 0 Å². The number of hydrogen-bond donors (Lipinski definition) is 2. The van der Waals surface area contributed by atoms with Crippen LogP contribution >= 0.6 is 11.6 Å². The normalized spacial score (nSPS) is 25.6. The van der Waals surface area contributed by atoms with E-state index in [2.05, 4.69) is 5.32 Å². The summed E-state index contributed by atoms with van der Waals surface area (Å²) < 4.78 is 18.8. The second kappa shape index (κ2) is 5.78. The van der Waals surface area contributed by atoms with E-state index < -0.39 is 5.82 Å². The fourth-order valence-electron chi connectivity index (χ4n) is 2.01. The predicted octanol–water partition coefficient (Wildman–Crippen LogP) is 1.75. The van der Waals surface area contributed by atoms with Crippen LogP contribution in [0.25, 0.3) is 0 Å². The fourth-order valence-corrected chi connectivity index (χ4v) is 2.20. The van der Waals surface area contributed by atoms with Gasteiger partial charge in [-0.15, -0.1) is 0 Å². The molecule has 1 aliphatic heterocycles. The third-order valence-electron chi connectivity index (χ3n) is 2.92. The maximum atomic E-state index is 13.1. The molecule has 2 rings (SSSR count). The Kier molecular flexibility index (Phi) is 4.34. The molecule has 5 heteroatoms. The van der Waals surface area contributed by atoms with Gasteiger partial charge in [-0.1, -0.05) is 17.7 Å². The number of halogens is 2.